The van der Waals surface area contributed by atoms with E-state index in [1.165, 1.54) is 0 Å². The minimum absolute atomic E-state index is 0.0122. The third kappa shape index (κ3) is 5.14. The molecule has 1 aromatic heterocycles. The highest BCUT2D eigenvalue weighted by atomic mass is 32.2. The van der Waals surface area contributed by atoms with Gasteiger partial charge >= 0.3 is 0 Å². The Balaban J connectivity index is 1.98. The SMILES string of the molecule is Cc1nc(CSc2ccccc2C(=O)NCCC(C)C)cs1. The van der Waals surface area contributed by atoms with Crippen molar-refractivity contribution in [2.24, 2.45) is 5.92 Å². The van der Waals surface area contributed by atoms with Crippen molar-refractivity contribution < 1.29 is 4.79 Å². The van der Waals surface area contributed by atoms with Gasteiger partial charge in [-0.15, -0.1) is 23.1 Å². The molecule has 0 unspecified atom stereocenters. The summed E-state index contributed by atoms with van der Waals surface area (Å²) in [5, 5.41) is 6.16. The second-order valence-corrected chi connectivity index (χ2v) is 7.66. The van der Waals surface area contributed by atoms with Crippen LogP contribution in [0, 0.1) is 12.8 Å². The highest BCUT2D eigenvalue weighted by Gasteiger charge is 2.11. The normalized spacial score (nSPS) is 10.9. The Kier molecular flexibility index (Phi) is 6.46. The van der Waals surface area contributed by atoms with Gasteiger partial charge in [0.05, 0.1) is 16.3 Å². The first-order chi connectivity index (χ1) is 10.6. The fourth-order valence-corrected chi connectivity index (χ4v) is 3.64. The molecule has 0 saturated heterocycles. The summed E-state index contributed by atoms with van der Waals surface area (Å²) in [5.41, 5.74) is 1.82. The molecule has 0 aliphatic heterocycles. The molecule has 118 valence electrons. The Labute approximate surface area is 140 Å². The number of nitrogens with zero attached hydrogens (tertiary/aromatic N) is 1. The molecule has 1 amide bonds. The summed E-state index contributed by atoms with van der Waals surface area (Å²) >= 11 is 3.32. The van der Waals surface area contributed by atoms with Crippen LogP contribution in [0.25, 0.3) is 0 Å². The van der Waals surface area contributed by atoms with E-state index in [1.54, 1.807) is 23.1 Å². The molecule has 1 N–H and O–H groups in total. The van der Waals surface area contributed by atoms with Gasteiger partial charge in [-0.25, -0.2) is 4.98 Å². The molecule has 2 aromatic rings. The van der Waals surface area contributed by atoms with Crippen LogP contribution in [-0.4, -0.2) is 17.4 Å². The van der Waals surface area contributed by atoms with E-state index in [1.807, 2.05) is 31.2 Å². The average molecular weight is 335 g/mol. The molecule has 0 saturated carbocycles. The number of nitrogens with one attached hydrogen (secondary N) is 1. The molecule has 5 heteroatoms. The Morgan fingerprint density at radius 3 is 2.82 bits per heavy atom. The fourth-order valence-electron chi connectivity index (χ4n) is 1.98. The van der Waals surface area contributed by atoms with Crippen LogP contribution in [0.15, 0.2) is 34.5 Å². The number of benzene rings is 1. The van der Waals surface area contributed by atoms with Crippen LogP contribution in [0.2, 0.25) is 0 Å². The zero-order valence-electron chi connectivity index (χ0n) is 13.3. The van der Waals surface area contributed by atoms with Crippen LogP contribution in [0.5, 0.6) is 0 Å². The van der Waals surface area contributed by atoms with E-state index in [2.05, 4.69) is 29.5 Å². The topological polar surface area (TPSA) is 42.0 Å². The van der Waals surface area contributed by atoms with Gasteiger partial charge in [-0.3, -0.25) is 4.79 Å². The first kappa shape index (κ1) is 17.0. The van der Waals surface area contributed by atoms with Crippen molar-refractivity contribution in [1.82, 2.24) is 10.3 Å². The molecule has 1 aromatic carbocycles. The molecule has 3 nitrogen and oxygen atoms in total. The lowest BCUT2D eigenvalue weighted by atomic mass is 10.1. The highest BCUT2D eigenvalue weighted by molar-refractivity contribution is 7.98. The maximum Gasteiger partial charge on any atom is 0.252 e. The minimum atomic E-state index is 0.0122. The smallest absolute Gasteiger partial charge is 0.252 e. The molecule has 0 radical (unpaired) electrons. The summed E-state index contributed by atoms with van der Waals surface area (Å²) < 4.78 is 0. The Hall–Kier alpha value is -1.33. The number of carbonyl (C=O) groups excluding carboxylic acids is 1. The lowest BCUT2D eigenvalue weighted by Gasteiger charge is -2.10. The lowest BCUT2D eigenvalue weighted by Crippen LogP contribution is -2.25. The van der Waals surface area contributed by atoms with E-state index in [0.29, 0.717) is 5.92 Å². The first-order valence-electron chi connectivity index (χ1n) is 7.47. The van der Waals surface area contributed by atoms with Gasteiger partial charge in [-0.05, 0) is 31.4 Å². The van der Waals surface area contributed by atoms with Gasteiger partial charge in [0.2, 0.25) is 0 Å². The second kappa shape index (κ2) is 8.34. The van der Waals surface area contributed by atoms with Crippen LogP contribution in [-0.2, 0) is 5.75 Å². The molecule has 0 spiro atoms. The van der Waals surface area contributed by atoms with Crippen molar-refractivity contribution in [3.63, 3.8) is 0 Å². The van der Waals surface area contributed by atoms with E-state index < -0.39 is 0 Å². The Bertz CT molecular complexity index is 623. The number of hydrogen-bond donors (Lipinski definition) is 1. The molecule has 2 rings (SSSR count). The van der Waals surface area contributed by atoms with Gasteiger partial charge in [0, 0.05) is 22.6 Å². The number of thiazole rings is 1. The number of amides is 1. The first-order valence-corrected chi connectivity index (χ1v) is 9.34. The van der Waals surface area contributed by atoms with Gasteiger partial charge in [0.15, 0.2) is 0 Å². The molecular formula is C17H22N2OS2. The van der Waals surface area contributed by atoms with Crippen molar-refractivity contribution in [3.05, 3.63) is 45.9 Å². The summed E-state index contributed by atoms with van der Waals surface area (Å²) in [7, 11) is 0. The third-order valence-electron chi connectivity index (χ3n) is 3.18. The third-order valence-corrected chi connectivity index (χ3v) is 5.11. The Morgan fingerprint density at radius 2 is 2.14 bits per heavy atom. The number of carbonyl (C=O) groups is 1. The standard InChI is InChI=1S/C17H22N2OS2/c1-12(2)8-9-18-17(20)15-6-4-5-7-16(15)22-11-14-10-21-13(3)19-14/h4-7,10,12H,8-9,11H2,1-3H3,(H,18,20). The molecule has 0 bridgehead atoms. The summed E-state index contributed by atoms with van der Waals surface area (Å²) in [6, 6.07) is 7.77. The number of aryl methyl sites for hydroxylation is 1. The van der Waals surface area contributed by atoms with Crippen LogP contribution < -0.4 is 5.32 Å². The maximum atomic E-state index is 12.3. The fraction of sp³-hybridized carbons (Fsp3) is 0.412. The molecule has 0 aliphatic carbocycles. The summed E-state index contributed by atoms with van der Waals surface area (Å²) in [4.78, 5) is 17.8. The number of hydrogen-bond acceptors (Lipinski definition) is 4. The molecule has 0 aliphatic rings. The van der Waals surface area contributed by atoms with Gasteiger partial charge in [0.25, 0.3) is 5.91 Å². The van der Waals surface area contributed by atoms with E-state index in [-0.39, 0.29) is 5.91 Å². The molecule has 1 heterocycles. The maximum absolute atomic E-state index is 12.3. The van der Waals surface area contributed by atoms with Crippen molar-refractivity contribution >= 4 is 29.0 Å². The quantitative estimate of drug-likeness (QED) is 0.757. The monoisotopic (exact) mass is 334 g/mol. The van der Waals surface area contributed by atoms with Crippen molar-refractivity contribution in [2.45, 2.75) is 37.8 Å². The highest BCUT2D eigenvalue weighted by Crippen LogP contribution is 2.26. The number of thioether (sulfide) groups is 1. The number of rotatable bonds is 7. The molecular weight excluding hydrogens is 312 g/mol. The van der Waals surface area contributed by atoms with E-state index in [9.17, 15) is 4.79 Å². The van der Waals surface area contributed by atoms with Gasteiger partial charge in [-0.2, -0.15) is 0 Å². The van der Waals surface area contributed by atoms with Gasteiger partial charge in [0.1, 0.15) is 0 Å². The Morgan fingerprint density at radius 1 is 1.36 bits per heavy atom. The molecule has 0 atom stereocenters. The number of aromatic nitrogens is 1. The van der Waals surface area contributed by atoms with Crippen LogP contribution in [0.1, 0.15) is 41.3 Å². The largest absolute Gasteiger partial charge is 0.352 e. The summed E-state index contributed by atoms with van der Waals surface area (Å²) in [6.07, 6.45) is 0.999. The van der Waals surface area contributed by atoms with Crippen LogP contribution in [0.4, 0.5) is 0 Å². The zero-order valence-corrected chi connectivity index (χ0v) is 14.9. The van der Waals surface area contributed by atoms with Gasteiger partial charge in [-0.1, -0.05) is 26.0 Å². The summed E-state index contributed by atoms with van der Waals surface area (Å²) in [5.74, 6) is 1.40. The molecule has 22 heavy (non-hydrogen) atoms. The second-order valence-electron chi connectivity index (χ2n) is 5.58. The van der Waals surface area contributed by atoms with E-state index in [0.717, 1.165) is 39.9 Å². The van der Waals surface area contributed by atoms with Gasteiger partial charge < -0.3 is 5.32 Å². The molecule has 0 fully saturated rings. The predicted octanol–water partition coefficient (Wildman–Crippen LogP) is 4.52. The minimum Gasteiger partial charge on any atom is -0.352 e. The zero-order chi connectivity index (χ0) is 15.9. The van der Waals surface area contributed by atoms with E-state index in [4.69, 9.17) is 0 Å². The van der Waals surface area contributed by atoms with Crippen LogP contribution in [0.3, 0.4) is 0 Å². The summed E-state index contributed by atoms with van der Waals surface area (Å²) in [6.45, 7) is 7.05. The predicted molar refractivity (Wildman–Crippen MR) is 94.6 cm³/mol. The average Bonchev–Trinajstić information content (AvgIpc) is 2.90. The van der Waals surface area contributed by atoms with E-state index >= 15 is 0 Å². The van der Waals surface area contributed by atoms with Crippen LogP contribution >= 0.6 is 23.1 Å². The van der Waals surface area contributed by atoms with Crippen molar-refractivity contribution in [1.29, 1.82) is 0 Å². The van der Waals surface area contributed by atoms with Crippen molar-refractivity contribution in [3.8, 4) is 0 Å². The lowest BCUT2D eigenvalue weighted by molar-refractivity contribution is 0.0949. The van der Waals surface area contributed by atoms with Crippen molar-refractivity contribution in [2.75, 3.05) is 6.54 Å².